The summed E-state index contributed by atoms with van der Waals surface area (Å²) in [6.45, 7) is 23.0. The molecule has 46 heavy (non-hydrogen) atoms. The van der Waals surface area contributed by atoms with Gasteiger partial charge >= 0.3 is 278 Å². The molecule has 266 valence electrons. The number of carbonyl (C=O) groups excluding carboxylic acids is 1. The Kier molecular flexibility index (Phi) is 25.8. The third-order valence-corrected chi connectivity index (χ3v) is 33.6. The molecule has 0 unspecified atom stereocenters. The topological polar surface area (TPSA) is 44.8 Å². The second-order valence-corrected chi connectivity index (χ2v) is 35.7. The summed E-state index contributed by atoms with van der Waals surface area (Å²) >= 11 is -2.39. The SMILES string of the molecule is CCC[CH2][Sn](/[CH]=C/C=C\[C@H](O[Si](CC)(CC)CC)[C@@H](/C=C(C)/C=C/C=C/C(=O)OC)O[Si](CC)(CC)CC)([CH2]CCC)[CH2]CCC. The van der Waals surface area contributed by atoms with E-state index < -0.39 is 35.0 Å². The second-order valence-electron chi connectivity index (χ2n) is 13.2. The molecule has 0 fully saturated rings. The van der Waals surface area contributed by atoms with Crippen molar-refractivity contribution in [3.05, 3.63) is 58.3 Å². The average molecular weight is 782 g/mol. The summed E-state index contributed by atoms with van der Waals surface area (Å²) in [4.78, 5) is 11.5. The van der Waals surface area contributed by atoms with Crippen molar-refractivity contribution in [3.8, 4) is 0 Å². The van der Waals surface area contributed by atoms with Gasteiger partial charge in [0.2, 0.25) is 0 Å². The zero-order valence-electron chi connectivity index (χ0n) is 32.1. The van der Waals surface area contributed by atoms with E-state index in [0.29, 0.717) is 0 Å². The number of esters is 1. The van der Waals surface area contributed by atoms with Gasteiger partial charge in [0, 0.05) is 0 Å². The minimum atomic E-state index is -2.39. The molecule has 0 rings (SSSR count). The first-order valence-electron chi connectivity index (χ1n) is 18.9. The first kappa shape index (κ1) is 45.3. The van der Waals surface area contributed by atoms with Crippen LogP contribution in [0, 0.1) is 0 Å². The van der Waals surface area contributed by atoms with Crippen LogP contribution in [0.1, 0.15) is 108 Å². The van der Waals surface area contributed by atoms with E-state index in [1.54, 1.807) is 6.08 Å². The number of carbonyl (C=O) groups is 1. The quantitative estimate of drug-likeness (QED) is 0.0360. The van der Waals surface area contributed by atoms with Crippen LogP contribution in [0.15, 0.2) is 58.3 Å². The molecular weight excluding hydrogens is 707 g/mol. The molecular formula is C39H74O4Si2Sn. The second kappa shape index (κ2) is 26.2. The van der Waals surface area contributed by atoms with Gasteiger partial charge in [0.1, 0.15) is 0 Å². The Morgan fingerprint density at radius 3 is 1.48 bits per heavy atom. The summed E-state index contributed by atoms with van der Waals surface area (Å²) in [5, 5.41) is 0. The fourth-order valence-corrected chi connectivity index (χ4v) is 26.0. The zero-order chi connectivity index (χ0) is 34.9. The third kappa shape index (κ3) is 17.1. The summed E-state index contributed by atoms with van der Waals surface area (Å²) in [5.41, 5.74) is 1.11. The molecule has 0 aliphatic carbocycles. The number of allylic oxidation sites excluding steroid dienone is 6. The average Bonchev–Trinajstić information content (AvgIpc) is 3.08. The molecule has 0 saturated heterocycles. The fraction of sp³-hybridized carbons (Fsp3) is 0.718. The molecule has 0 aromatic heterocycles. The van der Waals surface area contributed by atoms with E-state index in [9.17, 15) is 4.79 Å². The van der Waals surface area contributed by atoms with E-state index >= 15 is 0 Å². The van der Waals surface area contributed by atoms with Gasteiger partial charge in [0.05, 0.1) is 7.11 Å². The van der Waals surface area contributed by atoms with Gasteiger partial charge in [-0.1, -0.05) is 0 Å². The van der Waals surface area contributed by atoms with E-state index in [1.807, 2.05) is 12.2 Å². The Balaban J connectivity index is 6.94. The Morgan fingerprint density at radius 2 is 1.07 bits per heavy atom. The first-order chi connectivity index (χ1) is 22.1. The summed E-state index contributed by atoms with van der Waals surface area (Å²) in [5.74, 6) is -0.350. The Hall–Kier alpha value is -0.678. The van der Waals surface area contributed by atoms with Crippen LogP contribution in [0.2, 0.25) is 49.6 Å². The number of hydrogen-bond donors (Lipinski definition) is 0. The molecule has 0 N–H and O–H groups in total. The number of ether oxygens (including phenoxy) is 1. The van der Waals surface area contributed by atoms with Crippen molar-refractivity contribution in [2.75, 3.05) is 7.11 Å². The van der Waals surface area contributed by atoms with Crippen LogP contribution in [-0.2, 0) is 18.4 Å². The molecule has 7 heteroatoms. The predicted octanol–water partition coefficient (Wildman–Crippen LogP) is 12.5. The number of unbranched alkanes of at least 4 members (excludes halogenated alkanes) is 3. The number of hydrogen-bond acceptors (Lipinski definition) is 4. The minimum absolute atomic E-state index is 0.131. The molecule has 0 amide bonds. The molecule has 0 saturated carbocycles. The van der Waals surface area contributed by atoms with Crippen molar-refractivity contribution in [3.63, 3.8) is 0 Å². The maximum atomic E-state index is 11.5. The Bertz CT molecular complexity index is 909. The van der Waals surface area contributed by atoms with Crippen LogP contribution < -0.4 is 0 Å². The van der Waals surface area contributed by atoms with Crippen LogP contribution in [0.25, 0.3) is 0 Å². The van der Waals surface area contributed by atoms with Gasteiger partial charge < -0.3 is 4.74 Å². The first-order valence-corrected chi connectivity index (χ1v) is 31.7. The van der Waals surface area contributed by atoms with Gasteiger partial charge in [-0.25, -0.2) is 4.79 Å². The van der Waals surface area contributed by atoms with E-state index in [1.165, 1.54) is 65.0 Å². The van der Waals surface area contributed by atoms with Crippen molar-refractivity contribution in [1.82, 2.24) is 0 Å². The summed E-state index contributed by atoms with van der Waals surface area (Å²) < 4.78 is 26.5. The molecule has 0 radical (unpaired) electrons. The van der Waals surface area contributed by atoms with Crippen molar-refractivity contribution in [1.29, 1.82) is 0 Å². The summed E-state index contributed by atoms with van der Waals surface area (Å²) in [6, 6.07) is 6.61. The van der Waals surface area contributed by atoms with E-state index in [2.05, 4.69) is 97.6 Å². The Labute approximate surface area is 292 Å². The van der Waals surface area contributed by atoms with Gasteiger partial charge in [-0.3, -0.25) is 0 Å². The summed E-state index contributed by atoms with van der Waals surface area (Å²) in [6.07, 6.45) is 24.2. The van der Waals surface area contributed by atoms with Crippen LogP contribution in [0.3, 0.4) is 0 Å². The van der Waals surface area contributed by atoms with E-state index in [-0.39, 0.29) is 18.2 Å². The molecule has 0 aliphatic heterocycles. The van der Waals surface area contributed by atoms with Crippen LogP contribution >= 0.6 is 0 Å². The fourth-order valence-electron chi connectivity index (χ4n) is 6.36. The van der Waals surface area contributed by atoms with Gasteiger partial charge in [-0.15, -0.1) is 0 Å². The van der Waals surface area contributed by atoms with Crippen molar-refractivity contribution in [2.45, 2.75) is 170 Å². The molecule has 4 nitrogen and oxygen atoms in total. The molecule has 0 bridgehead atoms. The molecule has 0 aromatic carbocycles. The third-order valence-electron chi connectivity index (χ3n) is 10.2. The molecule has 0 aromatic rings. The maximum absolute atomic E-state index is 11.5. The zero-order valence-corrected chi connectivity index (χ0v) is 36.9. The normalized spacial score (nSPS) is 15.2. The van der Waals surface area contributed by atoms with Crippen LogP contribution in [0.4, 0.5) is 0 Å². The van der Waals surface area contributed by atoms with Crippen LogP contribution in [0.5, 0.6) is 0 Å². The Morgan fingerprint density at radius 1 is 0.630 bits per heavy atom. The van der Waals surface area contributed by atoms with Gasteiger partial charge in [0.25, 0.3) is 0 Å². The number of methoxy groups -OCH3 is 1. The number of rotatable bonds is 27. The standard InChI is InChI=1S/C27H47O4Si2.3C4H9.Sn/c1-10-17-21-25(30-32(11-2,12-3)13-4)26(31-33(14-5,15-6)16-7)23-24(8)20-18-19-22-27(28)29-9;3*1-3-4-2;/h1,10,17-23,25-26H,11-16H2,2-9H3;3*1,3-4H2,2H3;/b10-1?,20-18+,21-17-,22-19+,24-23+;;;;/t25-,26+;;;;/m0..../s1. The molecule has 2 atom stereocenters. The van der Waals surface area contributed by atoms with Gasteiger partial charge in [-0.2, -0.15) is 0 Å². The van der Waals surface area contributed by atoms with Crippen molar-refractivity contribution in [2.24, 2.45) is 0 Å². The molecule has 0 spiro atoms. The van der Waals surface area contributed by atoms with Crippen molar-refractivity contribution >= 4 is 41.0 Å². The molecule has 0 heterocycles. The monoisotopic (exact) mass is 782 g/mol. The van der Waals surface area contributed by atoms with Crippen LogP contribution in [-0.4, -0.2) is 60.3 Å². The molecule has 0 aliphatic rings. The van der Waals surface area contributed by atoms with E-state index in [0.717, 1.165) is 41.8 Å². The van der Waals surface area contributed by atoms with Gasteiger partial charge in [-0.05, 0) is 0 Å². The van der Waals surface area contributed by atoms with E-state index in [4.69, 9.17) is 13.6 Å². The van der Waals surface area contributed by atoms with Crippen molar-refractivity contribution < 1.29 is 18.4 Å². The summed E-state index contributed by atoms with van der Waals surface area (Å²) in [7, 11) is -2.48. The van der Waals surface area contributed by atoms with Gasteiger partial charge in [0.15, 0.2) is 0 Å². The predicted molar refractivity (Wildman–Crippen MR) is 211 cm³/mol.